The van der Waals surface area contributed by atoms with Crippen molar-refractivity contribution in [3.05, 3.63) is 89.5 Å². The summed E-state index contributed by atoms with van der Waals surface area (Å²) >= 11 is 0. The molecule has 0 radical (unpaired) electrons. The van der Waals surface area contributed by atoms with Gasteiger partial charge >= 0.3 is 12.4 Å². The molecule has 3 aromatic carbocycles. The number of halogens is 6. The molecule has 4 aromatic rings. The number of hydrogen-bond acceptors (Lipinski definition) is 1. The second-order valence-corrected chi connectivity index (χ2v) is 6.77. The summed E-state index contributed by atoms with van der Waals surface area (Å²) in [5.41, 5.74) is -1.01. The van der Waals surface area contributed by atoms with Crippen LogP contribution in [-0.4, -0.2) is 9.78 Å². The van der Waals surface area contributed by atoms with Gasteiger partial charge in [-0.3, -0.25) is 4.68 Å². The van der Waals surface area contributed by atoms with Gasteiger partial charge in [0.15, 0.2) is 0 Å². The molecule has 0 aliphatic heterocycles. The lowest BCUT2D eigenvalue weighted by molar-refractivity contribution is -0.138. The summed E-state index contributed by atoms with van der Waals surface area (Å²) in [6.45, 7) is 0.110. The van der Waals surface area contributed by atoms with E-state index in [9.17, 15) is 26.3 Å². The highest BCUT2D eigenvalue weighted by Gasteiger charge is 2.35. The van der Waals surface area contributed by atoms with Crippen LogP contribution < -0.4 is 0 Å². The molecule has 154 valence electrons. The van der Waals surface area contributed by atoms with Crippen LogP contribution in [0.3, 0.4) is 0 Å². The first kappa shape index (κ1) is 20.0. The fraction of sp³-hybridized carbons (Fsp3) is 0.136. The third-order valence-electron chi connectivity index (χ3n) is 4.71. The fourth-order valence-corrected chi connectivity index (χ4v) is 3.40. The molecular weight excluding hydrogens is 406 g/mol. The van der Waals surface area contributed by atoms with Gasteiger partial charge in [0.1, 0.15) is 5.52 Å². The summed E-state index contributed by atoms with van der Waals surface area (Å²) in [5.74, 6) is 0. The molecule has 0 N–H and O–H groups in total. The number of rotatable bonds is 3. The molecule has 1 heterocycles. The van der Waals surface area contributed by atoms with E-state index in [0.29, 0.717) is 0 Å². The van der Waals surface area contributed by atoms with Crippen molar-refractivity contribution in [2.45, 2.75) is 18.9 Å². The van der Waals surface area contributed by atoms with E-state index >= 15 is 0 Å². The Bertz CT molecular complexity index is 1190. The SMILES string of the molecule is FC(F)(F)c1cccc(-c2c3cccc(C(F)(F)F)c3nn2Cc2ccccc2)c1. The van der Waals surface area contributed by atoms with Crippen molar-refractivity contribution >= 4 is 10.9 Å². The van der Waals surface area contributed by atoms with Gasteiger partial charge in [-0.15, -0.1) is 0 Å². The molecule has 0 saturated carbocycles. The number of hydrogen-bond donors (Lipinski definition) is 0. The van der Waals surface area contributed by atoms with E-state index in [1.54, 1.807) is 30.3 Å². The van der Waals surface area contributed by atoms with E-state index in [1.807, 2.05) is 0 Å². The lowest BCUT2D eigenvalue weighted by Gasteiger charge is -2.11. The Hall–Kier alpha value is -3.29. The fourth-order valence-electron chi connectivity index (χ4n) is 3.40. The molecule has 0 amide bonds. The van der Waals surface area contributed by atoms with Crippen LogP contribution in [0.2, 0.25) is 0 Å². The molecule has 30 heavy (non-hydrogen) atoms. The summed E-state index contributed by atoms with van der Waals surface area (Å²) < 4.78 is 81.5. The molecule has 4 rings (SSSR count). The second-order valence-electron chi connectivity index (χ2n) is 6.77. The Morgan fingerprint density at radius 1 is 0.733 bits per heavy atom. The minimum Gasteiger partial charge on any atom is -0.259 e. The molecule has 0 fully saturated rings. The van der Waals surface area contributed by atoms with Gasteiger partial charge in [-0.1, -0.05) is 54.6 Å². The predicted octanol–water partition coefficient (Wildman–Crippen LogP) is 6.79. The van der Waals surface area contributed by atoms with Crippen LogP contribution in [0.1, 0.15) is 16.7 Å². The van der Waals surface area contributed by atoms with Crippen LogP contribution in [0.4, 0.5) is 26.3 Å². The summed E-state index contributed by atoms with van der Waals surface area (Å²) in [6.07, 6.45) is -9.22. The summed E-state index contributed by atoms with van der Waals surface area (Å²) in [6, 6.07) is 17.0. The number of benzene rings is 3. The molecule has 0 aliphatic rings. The third-order valence-corrected chi connectivity index (χ3v) is 4.71. The smallest absolute Gasteiger partial charge is 0.259 e. The Kier molecular flexibility index (Phi) is 4.80. The van der Waals surface area contributed by atoms with Crippen LogP contribution in [0.5, 0.6) is 0 Å². The van der Waals surface area contributed by atoms with E-state index in [1.165, 1.54) is 28.9 Å². The van der Waals surface area contributed by atoms with Gasteiger partial charge in [0, 0.05) is 10.9 Å². The van der Waals surface area contributed by atoms with Gasteiger partial charge in [0.2, 0.25) is 0 Å². The standard InChI is InChI=1S/C22H14F6N2/c23-21(24,25)16-9-4-8-15(12-16)20-17-10-5-11-18(22(26,27)28)19(17)29-30(20)13-14-6-2-1-3-7-14/h1-12H,13H2. The maximum atomic E-state index is 13.5. The quantitative estimate of drug-likeness (QED) is 0.334. The zero-order valence-corrected chi connectivity index (χ0v) is 15.3. The van der Waals surface area contributed by atoms with Crippen LogP contribution in [0.15, 0.2) is 72.8 Å². The molecule has 0 saturated heterocycles. The predicted molar refractivity (Wildman–Crippen MR) is 101 cm³/mol. The zero-order valence-electron chi connectivity index (χ0n) is 15.3. The van der Waals surface area contributed by atoms with Gasteiger partial charge in [-0.2, -0.15) is 31.4 Å². The summed E-state index contributed by atoms with van der Waals surface area (Å²) in [7, 11) is 0. The first-order valence-corrected chi connectivity index (χ1v) is 8.93. The van der Waals surface area contributed by atoms with E-state index < -0.39 is 23.5 Å². The van der Waals surface area contributed by atoms with Crippen molar-refractivity contribution in [1.29, 1.82) is 0 Å². The summed E-state index contributed by atoms with van der Waals surface area (Å²) in [5, 5.41) is 4.30. The van der Waals surface area contributed by atoms with Gasteiger partial charge in [-0.25, -0.2) is 0 Å². The molecule has 8 heteroatoms. The van der Waals surface area contributed by atoms with E-state index in [2.05, 4.69) is 5.10 Å². The highest BCUT2D eigenvalue weighted by atomic mass is 19.4. The molecule has 0 spiro atoms. The monoisotopic (exact) mass is 420 g/mol. The van der Waals surface area contributed by atoms with Crippen molar-refractivity contribution in [1.82, 2.24) is 9.78 Å². The minimum atomic E-state index is -4.64. The van der Waals surface area contributed by atoms with Gasteiger partial charge in [0.25, 0.3) is 0 Å². The average molecular weight is 420 g/mol. The lowest BCUT2D eigenvalue weighted by atomic mass is 10.0. The molecule has 0 unspecified atom stereocenters. The van der Waals surface area contributed by atoms with Crippen molar-refractivity contribution in [2.24, 2.45) is 0 Å². The molecule has 0 atom stereocenters. The Morgan fingerprint density at radius 2 is 1.43 bits per heavy atom. The largest absolute Gasteiger partial charge is 0.418 e. The van der Waals surface area contributed by atoms with E-state index in [-0.39, 0.29) is 28.7 Å². The normalized spacial score (nSPS) is 12.5. The number of alkyl halides is 6. The molecular formula is C22H14F6N2. The van der Waals surface area contributed by atoms with Crippen molar-refractivity contribution in [3.63, 3.8) is 0 Å². The van der Waals surface area contributed by atoms with Crippen molar-refractivity contribution in [2.75, 3.05) is 0 Å². The number of nitrogens with zero attached hydrogens (tertiary/aromatic N) is 2. The molecule has 0 aliphatic carbocycles. The topological polar surface area (TPSA) is 17.8 Å². The maximum Gasteiger partial charge on any atom is 0.418 e. The first-order valence-electron chi connectivity index (χ1n) is 8.93. The van der Waals surface area contributed by atoms with E-state index in [4.69, 9.17) is 0 Å². The Labute approximate surface area is 167 Å². The van der Waals surface area contributed by atoms with Crippen LogP contribution in [0, 0.1) is 0 Å². The first-order chi connectivity index (χ1) is 14.1. The zero-order chi connectivity index (χ0) is 21.5. The molecule has 2 nitrogen and oxygen atoms in total. The highest BCUT2D eigenvalue weighted by Crippen LogP contribution is 2.39. The van der Waals surface area contributed by atoms with Crippen LogP contribution in [-0.2, 0) is 18.9 Å². The minimum absolute atomic E-state index is 0.110. The average Bonchev–Trinajstić information content (AvgIpc) is 3.05. The van der Waals surface area contributed by atoms with Gasteiger partial charge in [-0.05, 0) is 23.8 Å². The van der Waals surface area contributed by atoms with Crippen molar-refractivity contribution in [3.8, 4) is 11.3 Å². The molecule has 1 aromatic heterocycles. The van der Waals surface area contributed by atoms with Gasteiger partial charge in [0.05, 0.1) is 23.4 Å². The number of fused-ring (bicyclic) bond motifs is 1. The number of aromatic nitrogens is 2. The summed E-state index contributed by atoms with van der Waals surface area (Å²) in [4.78, 5) is 0. The van der Waals surface area contributed by atoms with Gasteiger partial charge < -0.3 is 0 Å². The maximum absolute atomic E-state index is 13.5. The molecule has 0 bridgehead atoms. The van der Waals surface area contributed by atoms with Crippen LogP contribution in [0.25, 0.3) is 22.2 Å². The van der Waals surface area contributed by atoms with E-state index in [0.717, 1.165) is 23.8 Å². The third kappa shape index (κ3) is 3.77. The lowest BCUT2D eigenvalue weighted by Crippen LogP contribution is -2.07. The Balaban J connectivity index is 1.98. The Morgan fingerprint density at radius 3 is 2.10 bits per heavy atom. The second kappa shape index (κ2) is 7.19. The highest BCUT2D eigenvalue weighted by molar-refractivity contribution is 5.95. The van der Waals surface area contributed by atoms with Crippen molar-refractivity contribution < 1.29 is 26.3 Å². The van der Waals surface area contributed by atoms with Crippen LogP contribution >= 0.6 is 0 Å².